The van der Waals surface area contributed by atoms with Crippen molar-refractivity contribution in [2.24, 2.45) is 0 Å². The first kappa shape index (κ1) is 17.2. The van der Waals surface area contributed by atoms with E-state index in [1.54, 1.807) is 6.92 Å². The van der Waals surface area contributed by atoms with Crippen LogP contribution in [-0.2, 0) is 14.0 Å². The number of terminal acetylenes is 1. The molecule has 0 aliphatic rings. The second kappa shape index (κ2) is 6.96. The maximum Gasteiger partial charge on any atom is 0.305 e. The summed E-state index contributed by atoms with van der Waals surface area (Å²) in [7, 11) is -1.87. The van der Waals surface area contributed by atoms with Crippen LogP contribution in [0.1, 0.15) is 40.5 Å². The standard InChI is InChI=1S/C14H26O3Si/c1-8-12(10-11-13(15)16-9-2)17-18(6,7)14(3,4)5/h1,12H,9-11H2,2-7H3/t12-/m1/s1. The summed E-state index contributed by atoms with van der Waals surface area (Å²) < 4.78 is 11.0. The molecule has 104 valence electrons. The van der Waals surface area contributed by atoms with Gasteiger partial charge in [0.1, 0.15) is 6.10 Å². The summed E-state index contributed by atoms with van der Waals surface area (Å²) in [6.45, 7) is 13.0. The van der Waals surface area contributed by atoms with Crippen LogP contribution in [0, 0.1) is 12.3 Å². The van der Waals surface area contributed by atoms with Crippen LogP contribution in [0.4, 0.5) is 0 Å². The molecule has 18 heavy (non-hydrogen) atoms. The Labute approximate surface area is 112 Å². The van der Waals surface area contributed by atoms with Gasteiger partial charge in [-0.3, -0.25) is 4.79 Å². The third-order valence-electron chi connectivity index (χ3n) is 3.34. The zero-order valence-corrected chi connectivity index (χ0v) is 13.5. The van der Waals surface area contributed by atoms with Crippen molar-refractivity contribution in [3.05, 3.63) is 0 Å². The van der Waals surface area contributed by atoms with Gasteiger partial charge in [0.15, 0.2) is 8.32 Å². The van der Waals surface area contributed by atoms with E-state index in [2.05, 4.69) is 39.8 Å². The lowest BCUT2D eigenvalue weighted by Crippen LogP contribution is -2.43. The van der Waals surface area contributed by atoms with Crippen molar-refractivity contribution in [1.29, 1.82) is 0 Å². The molecule has 0 amide bonds. The molecule has 0 unspecified atom stereocenters. The molecule has 0 aromatic heterocycles. The molecular weight excluding hydrogens is 244 g/mol. The fourth-order valence-electron chi connectivity index (χ4n) is 1.19. The molecule has 0 spiro atoms. The topological polar surface area (TPSA) is 35.5 Å². The smallest absolute Gasteiger partial charge is 0.305 e. The Morgan fingerprint density at radius 1 is 1.39 bits per heavy atom. The van der Waals surface area contributed by atoms with E-state index in [0.717, 1.165) is 0 Å². The van der Waals surface area contributed by atoms with Crippen LogP contribution < -0.4 is 0 Å². The second-order valence-electron chi connectivity index (χ2n) is 5.88. The van der Waals surface area contributed by atoms with E-state index in [0.29, 0.717) is 19.4 Å². The van der Waals surface area contributed by atoms with Crippen molar-refractivity contribution in [2.75, 3.05) is 6.61 Å². The lowest BCUT2D eigenvalue weighted by atomic mass is 10.2. The first-order chi connectivity index (χ1) is 8.14. The summed E-state index contributed by atoms with van der Waals surface area (Å²) in [5.41, 5.74) is 0. The zero-order chi connectivity index (χ0) is 14.4. The molecule has 0 saturated heterocycles. The lowest BCUT2D eigenvalue weighted by molar-refractivity contribution is -0.143. The Bertz CT molecular complexity index is 310. The van der Waals surface area contributed by atoms with Gasteiger partial charge in [0.25, 0.3) is 0 Å². The number of esters is 1. The molecule has 0 fully saturated rings. The minimum absolute atomic E-state index is 0.117. The van der Waals surface area contributed by atoms with Crippen LogP contribution in [0.15, 0.2) is 0 Å². The molecule has 0 N–H and O–H groups in total. The molecule has 0 radical (unpaired) electrons. The van der Waals surface area contributed by atoms with E-state index >= 15 is 0 Å². The SMILES string of the molecule is C#C[C@H](CCC(=O)OCC)O[Si](C)(C)C(C)(C)C. The number of rotatable bonds is 6. The summed E-state index contributed by atoms with van der Waals surface area (Å²) in [6.07, 6.45) is 6.03. The molecule has 0 saturated carbocycles. The molecule has 0 aliphatic heterocycles. The largest absolute Gasteiger partial charge is 0.466 e. The predicted molar refractivity (Wildman–Crippen MR) is 76.8 cm³/mol. The number of hydrogen-bond acceptors (Lipinski definition) is 3. The van der Waals surface area contributed by atoms with Crippen LogP contribution in [0.5, 0.6) is 0 Å². The molecule has 3 nitrogen and oxygen atoms in total. The Hall–Kier alpha value is -0.793. The van der Waals surface area contributed by atoms with Crippen LogP contribution in [0.2, 0.25) is 18.1 Å². The minimum atomic E-state index is -1.87. The van der Waals surface area contributed by atoms with Crippen LogP contribution in [-0.4, -0.2) is 27.0 Å². The van der Waals surface area contributed by atoms with Crippen LogP contribution >= 0.6 is 0 Å². The fraction of sp³-hybridized carbons (Fsp3) is 0.786. The summed E-state index contributed by atoms with van der Waals surface area (Å²) in [6, 6.07) is 0. The van der Waals surface area contributed by atoms with E-state index in [1.165, 1.54) is 0 Å². The molecular formula is C14H26O3Si. The molecule has 0 aromatic carbocycles. The van der Waals surface area contributed by atoms with Gasteiger partial charge in [-0.1, -0.05) is 26.7 Å². The summed E-state index contributed by atoms with van der Waals surface area (Å²) >= 11 is 0. The van der Waals surface area contributed by atoms with Gasteiger partial charge in [0.05, 0.1) is 6.61 Å². The lowest BCUT2D eigenvalue weighted by Gasteiger charge is -2.38. The van der Waals surface area contributed by atoms with Gasteiger partial charge in [-0.2, -0.15) is 0 Å². The monoisotopic (exact) mass is 270 g/mol. The molecule has 0 aromatic rings. The third kappa shape index (κ3) is 5.70. The number of carbonyl (C=O) groups is 1. The first-order valence-corrected chi connectivity index (χ1v) is 9.34. The van der Waals surface area contributed by atoms with E-state index in [4.69, 9.17) is 15.6 Å². The average Bonchev–Trinajstić information content (AvgIpc) is 2.22. The van der Waals surface area contributed by atoms with Gasteiger partial charge in [-0.05, 0) is 31.5 Å². The van der Waals surface area contributed by atoms with Gasteiger partial charge in [-0.15, -0.1) is 6.42 Å². The van der Waals surface area contributed by atoms with Gasteiger partial charge < -0.3 is 9.16 Å². The zero-order valence-electron chi connectivity index (χ0n) is 12.5. The highest BCUT2D eigenvalue weighted by Gasteiger charge is 2.38. The maximum atomic E-state index is 11.3. The summed E-state index contributed by atoms with van der Waals surface area (Å²) in [5, 5.41) is 0.117. The van der Waals surface area contributed by atoms with Crippen LogP contribution in [0.25, 0.3) is 0 Å². The Balaban J connectivity index is 4.38. The van der Waals surface area contributed by atoms with Gasteiger partial charge in [-0.25, -0.2) is 0 Å². The van der Waals surface area contributed by atoms with E-state index in [-0.39, 0.29) is 17.1 Å². The molecule has 0 bridgehead atoms. The molecule has 0 aliphatic carbocycles. The Morgan fingerprint density at radius 3 is 2.33 bits per heavy atom. The van der Waals surface area contributed by atoms with E-state index < -0.39 is 8.32 Å². The van der Waals surface area contributed by atoms with Crippen molar-refractivity contribution in [2.45, 2.75) is 64.8 Å². The number of hydrogen-bond donors (Lipinski definition) is 0. The third-order valence-corrected chi connectivity index (χ3v) is 7.83. The molecule has 1 atom stereocenters. The van der Waals surface area contributed by atoms with E-state index in [9.17, 15) is 4.79 Å². The maximum absolute atomic E-state index is 11.3. The predicted octanol–water partition coefficient (Wildman–Crippen LogP) is 3.35. The van der Waals surface area contributed by atoms with Gasteiger partial charge >= 0.3 is 5.97 Å². The number of carbonyl (C=O) groups excluding carboxylic acids is 1. The fourth-order valence-corrected chi connectivity index (χ4v) is 2.44. The van der Waals surface area contributed by atoms with Crippen molar-refractivity contribution in [1.82, 2.24) is 0 Å². The quantitative estimate of drug-likeness (QED) is 0.422. The highest BCUT2D eigenvalue weighted by Crippen LogP contribution is 2.37. The highest BCUT2D eigenvalue weighted by atomic mass is 28.4. The normalized spacial score (nSPS) is 13.8. The average molecular weight is 270 g/mol. The molecule has 0 rings (SSSR count). The Morgan fingerprint density at radius 2 is 1.94 bits per heavy atom. The van der Waals surface area contributed by atoms with Crippen LogP contribution in [0.3, 0.4) is 0 Å². The van der Waals surface area contributed by atoms with Crippen molar-refractivity contribution in [3.63, 3.8) is 0 Å². The summed E-state index contributed by atoms with van der Waals surface area (Å²) in [5.74, 6) is 2.42. The summed E-state index contributed by atoms with van der Waals surface area (Å²) in [4.78, 5) is 11.3. The van der Waals surface area contributed by atoms with Crippen molar-refractivity contribution < 1.29 is 14.0 Å². The number of ether oxygens (including phenoxy) is 1. The molecule has 4 heteroatoms. The van der Waals surface area contributed by atoms with Crippen molar-refractivity contribution >= 4 is 14.3 Å². The highest BCUT2D eigenvalue weighted by molar-refractivity contribution is 6.74. The first-order valence-electron chi connectivity index (χ1n) is 6.43. The van der Waals surface area contributed by atoms with Gasteiger partial charge in [0.2, 0.25) is 0 Å². The Kier molecular flexibility index (Phi) is 6.65. The minimum Gasteiger partial charge on any atom is -0.466 e. The van der Waals surface area contributed by atoms with E-state index in [1.807, 2.05) is 0 Å². The second-order valence-corrected chi connectivity index (χ2v) is 10.6. The van der Waals surface area contributed by atoms with Crippen molar-refractivity contribution in [3.8, 4) is 12.3 Å². The van der Waals surface area contributed by atoms with Gasteiger partial charge in [0, 0.05) is 6.42 Å². The molecule has 0 heterocycles.